The van der Waals surface area contributed by atoms with Gasteiger partial charge in [-0.25, -0.2) is 8.42 Å². The molecule has 1 aliphatic rings. The summed E-state index contributed by atoms with van der Waals surface area (Å²) in [5, 5.41) is 3.29. The molecule has 31 heavy (non-hydrogen) atoms. The molecule has 3 rings (SSSR count). The van der Waals surface area contributed by atoms with Gasteiger partial charge in [-0.3, -0.25) is 9.69 Å². The van der Waals surface area contributed by atoms with Gasteiger partial charge in [0.15, 0.2) is 0 Å². The number of sulfonamides is 1. The van der Waals surface area contributed by atoms with Crippen LogP contribution in [0, 0.1) is 6.92 Å². The van der Waals surface area contributed by atoms with E-state index in [2.05, 4.69) is 10.2 Å². The molecule has 1 aliphatic heterocycles. The number of halogens is 1. The van der Waals surface area contributed by atoms with E-state index in [0.717, 1.165) is 24.2 Å². The summed E-state index contributed by atoms with van der Waals surface area (Å²) in [6, 6.07) is 13.5. The number of hydrogen-bond donors (Lipinski definition) is 1. The summed E-state index contributed by atoms with van der Waals surface area (Å²) in [5.74, 6) is -0.334. The van der Waals surface area contributed by atoms with Crippen LogP contribution in [0.25, 0.3) is 0 Å². The minimum absolute atomic E-state index is 0.103. The van der Waals surface area contributed by atoms with Crippen LogP contribution in [-0.4, -0.2) is 69.5 Å². The molecule has 0 bridgehead atoms. The molecular weight excluding hydrogens is 438 g/mol. The Kier molecular flexibility index (Phi) is 8.45. The van der Waals surface area contributed by atoms with Crippen molar-refractivity contribution in [3.63, 3.8) is 0 Å². The number of nitrogens with zero attached hydrogens (tertiary/aromatic N) is 2. The topological polar surface area (TPSA) is 79.0 Å². The van der Waals surface area contributed by atoms with Gasteiger partial charge in [0.25, 0.3) is 0 Å². The number of benzene rings is 2. The third kappa shape index (κ3) is 6.75. The van der Waals surface area contributed by atoms with Gasteiger partial charge >= 0.3 is 0 Å². The highest BCUT2D eigenvalue weighted by Crippen LogP contribution is 2.21. The van der Waals surface area contributed by atoms with Crippen LogP contribution in [0.2, 0.25) is 5.02 Å². The average molecular weight is 466 g/mol. The second kappa shape index (κ2) is 11.1. The van der Waals surface area contributed by atoms with Crippen molar-refractivity contribution in [3.8, 4) is 0 Å². The Labute approximate surface area is 189 Å². The second-order valence-electron chi connectivity index (χ2n) is 7.46. The first-order valence-corrected chi connectivity index (χ1v) is 12.0. The number of amides is 1. The summed E-state index contributed by atoms with van der Waals surface area (Å²) in [4.78, 5) is 14.9. The zero-order chi connectivity index (χ0) is 22.3. The predicted molar refractivity (Wildman–Crippen MR) is 120 cm³/mol. The number of carbonyl (C=O) groups is 1. The van der Waals surface area contributed by atoms with Crippen LogP contribution in [0.1, 0.15) is 11.1 Å². The highest BCUT2D eigenvalue weighted by Gasteiger charge is 2.27. The monoisotopic (exact) mass is 465 g/mol. The van der Waals surface area contributed by atoms with E-state index < -0.39 is 10.0 Å². The minimum atomic E-state index is -3.89. The fourth-order valence-electron chi connectivity index (χ4n) is 3.35. The molecule has 0 unspecified atom stereocenters. The summed E-state index contributed by atoms with van der Waals surface area (Å²) in [7, 11) is -3.89. The number of aryl methyl sites for hydroxylation is 1. The zero-order valence-electron chi connectivity index (χ0n) is 17.6. The normalized spacial score (nSPS) is 15.2. The number of morpholine rings is 1. The first kappa shape index (κ1) is 23.7. The fraction of sp³-hybridized carbons (Fsp3) is 0.409. The van der Waals surface area contributed by atoms with Gasteiger partial charge in [-0.2, -0.15) is 4.31 Å². The van der Waals surface area contributed by atoms with Gasteiger partial charge in [-0.15, -0.1) is 0 Å². The highest BCUT2D eigenvalue weighted by atomic mass is 35.5. The summed E-state index contributed by atoms with van der Waals surface area (Å²) in [6.07, 6.45) is 0. The Morgan fingerprint density at radius 3 is 2.48 bits per heavy atom. The maximum atomic E-state index is 13.3. The maximum Gasteiger partial charge on any atom is 0.243 e. The lowest BCUT2D eigenvalue weighted by Gasteiger charge is -2.27. The molecule has 0 saturated carbocycles. The van der Waals surface area contributed by atoms with Gasteiger partial charge in [0.05, 0.1) is 24.7 Å². The molecule has 168 valence electrons. The maximum absolute atomic E-state index is 13.3. The molecular formula is C22H28ClN3O4S. The zero-order valence-corrected chi connectivity index (χ0v) is 19.2. The highest BCUT2D eigenvalue weighted by molar-refractivity contribution is 7.89. The van der Waals surface area contributed by atoms with E-state index in [1.807, 2.05) is 31.2 Å². The SMILES string of the molecule is Cc1ccccc1CN(CC(=O)NCCN1CCOCC1)S(=O)(=O)c1ccc(Cl)cc1. The summed E-state index contributed by atoms with van der Waals surface area (Å²) in [5.41, 5.74) is 1.81. The van der Waals surface area contributed by atoms with Crippen molar-refractivity contribution < 1.29 is 17.9 Å². The summed E-state index contributed by atoms with van der Waals surface area (Å²) < 4.78 is 33.1. The predicted octanol–water partition coefficient (Wildman–Crippen LogP) is 2.29. The van der Waals surface area contributed by atoms with Gasteiger partial charge in [-0.1, -0.05) is 35.9 Å². The van der Waals surface area contributed by atoms with Crippen molar-refractivity contribution in [2.45, 2.75) is 18.4 Å². The molecule has 0 spiro atoms. The van der Waals surface area contributed by atoms with Gasteiger partial charge in [-0.05, 0) is 42.3 Å². The molecule has 9 heteroatoms. The minimum Gasteiger partial charge on any atom is -0.379 e. The van der Waals surface area contributed by atoms with E-state index in [4.69, 9.17) is 16.3 Å². The molecule has 1 heterocycles. The van der Waals surface area contributed by atoms with Gasteiger partial charge in [0, 0.05) is 37.7 Å². The summed E-state index contributed by atoms with van der Waals surface area (Å²) >= 11 is 5.91. The summed E-state index contributed by atoms with van der Waals surface area (Å²) in [6.45, 7) is 5.98. The van der Waals surface area contributed by atoms with Gasteiger partial charge in [0.2, 0.25) is 15.9 Å². The first-order chi connectivity index (χ1) is 14.9. The van der Waals surface area contributed by atoms with Crippen molar-refractivity contribution in [2.75, 3.05) is 45.9 Å². The smallest absolute Gasteiger partial charge is 0.243 e. The Morgan fingerprint density at radius 2 is 1.81 bits per heavy atom. The van der Waals surface area contributed by atoms with Crippen LogP contribution in [0.5, 0.6) is 0 Å². The molecule has 1 fully saturated rings. The lowest BCUT2D eigenvalue weighted by Crippen LogP contribution is -2.44. The number of carbonyl (C=O) groups excluding carboxylic acids is 1. The molecule has 1 N–H and O–H groups in total. The van der Waals surface area contributed by atoms with E-state index in [0.29, 0.717) is 31.3 Å². The van der Waals surface area contributed by atoms with Crippen LogP contribution in [0.15, 0.2) is 53.4 Å². The number of hydrogen-bond acceptors (Lipinski definition) is 5. The Bertz CT molecular complexity index is 977. The second-order valence-corrected chi connectivity index (χ2v) is 9.83. The lowest BCUT2D eigenvalue weighted by atomic mass is 10.1. The largest absolute Gasteiger partial charge is 0.379 e. The van der Waals surface area contributed by atoms with Crippen LogP contribution >= 0.6 is 11.6 Å². The molecule has 7 nitrogen and oxygen atoms in total. The van der Waals surface area contributed by atoms with E-state index in [9.17, 15) is 13.2 Å². The molecule has 0 atom stereocenters. The van der Waals surface area contributed by atoms with Crippen LogP contribution in [-0.2, 0) is 26.1 Å². The van der Waals surface area contributed by atoms with Gasteiger partial charge < -0.3 is 10.1 Å². The van der Waals surface area contributed by atoms with Gasteiger partial charge in [0.1, 0.15) is 0 Å². The number of rotatable bonds is 9. The van der Waals surface area contributed by atoms with Crippen LogP contribution in [0.4, 0.5) is 0 Å². The number of ether oxygens (including phenoxy) is 1. The Balaban J connectivity index is 1.71. The molecule has 2 aromatic carbocycles. The lowest BCUT2D eigenvalue weighted by molar-refractivity contribution is -0.121. The molecule has 0 radical (unpaired) electrons. The molecule has 0 aromatic heterocycles. The van der Waals surface area contributed by atoms with Crippen molar-refractivity contribution in [2.24, 2.45) is 0 Å². The molecule has 1 saturated heterocycles. The van der Waals surface area contributed by atoms with E-state index >= 15 is 0 Å². The van der Waals surface area contributed by atoms with E-state index in [-0.39, 0.29) is 23.9 Å². The quantitative estimate of drug-likeness (QED) is 0.614. The Hall–Kier alpha value is -1.97. The van der Waals surface area contributed by atoms with Crippen LogP contribution < -0.4 is 5.32 Å². The molecule has 2 aromatic rings. The molecule has 1 amide bonds. The van der Waals surface area contributed by atoms with E-state index in [1.54, 1.807) is 0 Å². The van der Waals surface area contributed by atoms with E-state index in [1.165, 1.54) is 28.6 Å². The standard InChI is InChI=1S/C22H28ClN3O4S/c1-18-4-2-3-5-19(18)16-26(31(28,29)21-8-6-20(23)7-9-21)17-22(27)24-10-11-25-12-14-30-15-13-25/h2-9H,10-17H2,1H3,(H,24,27). The first-order valence-electron chi connectivity index (χ1n) is 10.2. The van der Waals surface area contributed by atoms with Crippen LogP contribution in [0.3, 0.4) is 0 Å². The van der Waals surface area contributed by atoms with Crippen molar-refractivity contribution in [3.05, 3.63) is 64.7 Å². The number of nitrogens with one attached hydrogen (secondary N) is 1. The molecule has 0 aliphatic carbocycles. The average Bonchev–Trinajstić information content (AvgIpc) is 2.76. The van der Waals surface area contributed by atoms with Crippen molar-refractivity contribution >= 4 is 27.5 Å². The Morgan fingerprint density at radius 1 is 1.13 bits per heavy atom. The fourth-order valence-corrected chi connectivity index (χ4v) is 4.85. The third-order valence-corrected chi connectivity index (χ3v) is 7.29. The van der Waals surface area contributed by atoms with Crippen molar-refractivity contribution in [1.29, 1.82) is 0 Å². The third-order valence-electron chi connectivity index (χ3n) is 5.23. The van der Waals surface area contributed by atoms with Crippen molar-refractivity contribution in [1.82, 2.24) is 14.5 Å².